The Labute approximate surface area is 219 Å². The zero-order valence-corrected chi connectivity index (χ0v) is 21.0. The molecule has 2 atom stereocenters. The molecule has 3 aromatic rings. The number of phenolic OH excluding ortho intramolecular Hbond substituents is 2. The number of benzene rings is 3. The molecule has 3 aromatic carbocycles. The smallest absolute Gasteiger partial charge is 0.389 e. The molecule has 1 fully saturated rings. The van der Waals surface area contributed by atoms with Crippen LogP contribution in [0.15, 0.2) is 66.7 Å². The Morgan fingerprint density at radius 1 is 1.00 bits per heavy atom. The maximum Gasteiger partial charge on any atom is 0.389 e. The van der Waals surface area contributed by atoms with E-state index in [1.807, 2.05) is 42.2 Å². The summed E-state index contributed by atoms with van der Waals surface area (Å²) in [5.41, 5.74) is 4.32. The van der Waals surface area contributed by atoms with Gasteiger partial charge in [-0.05, 0) is 85.0 Å². The first-order valence-corrected chi connectivity index (χ1v) is 12.7. The lowest BCUT2D eigenvalue weighted by Gasteiger charge is -2.31. The Morgan fingerprint density at radius 2 is 1.76 bits per heavy atom. The third kappa shape index (κ3) is 5.91. The molecular formula is C30H30F3NO4. The number of phenols is 2. The molecule has 5 rings (SSSR count). The minimum absolute atomic E-state index is 0.145. The summed E-state index contributed by atoms with van der Waals surface area (Å²) in [7, 11) is 0. The monoisotopic (exact) mass is 525 g/mol. The molecule has 200 valence electrons. The van der Waals surface area contributed by atoms with Gasteiger partial charge in [0, 0.05) is 30.6 Å². The van der Waals surface area contributed by atoms with Crippen LogP contribution in [-0.4, -0.2) is 47.5 Å². The van der Waals surface area contributed by atoms with E-state index in [1.165, 1.54) is 0 Å². The maximum absolute atomic E-state index is 12.6. The molecule has 0 amide bonds. The summed E-state index contributed by atoms with van der Waals surface area (Å²) in [5.74, 6) is 1.28. The van der Waals surface area contributed by atoms with E-state index < -0.39 is 18.7 Å². The molecule has 2 aliphatic heterocycles. The molecular weight excluding hydrogens is 495 g/mol. The van der Waals surface area contributed by atoms with Crippen molar-refractivity contribution < 1.29 is 32.9 Å². The summed E-state index contributed by atoms with van der Waals surface area (Å²) < 4.78 is 50.2. The van der Waals surface area contributed by atoms with Gasteiger partial charge in [-0.2, -0.15) is 13.2 Å². The summed E-state index contributed by atoms with van der Waals surface area (Å²) in [5, 5.41) is 20.2. The first-order valence-electron chi connectivity index (χ1n) is 12.7. The average Bonchev–Trinajstić information content (AvgIpc) is 3.30. The molecule has 2 N–H and O–H groups in total. The van der Waals surface area contributed by atoms with Gasteiger partial charge in [-0.3, -0.25) is 4.90 Å². The fraction of sp³-hybridized carbons (Fsp3) is 0.333. The number of halogens is 3. The second-order valence-corrected chi connectivity index (χ2v) is 9.96. The van der Waals surface area contributed by atoms with Crippen molar-refractivity contribution in [3.05, 3.63) is 83.4 Å². The zero-order chi connectivity index (χ0) is 26.9. The Bertz CT molecular complexity index is 1320. The van der Waals surface area contributed by atoms with E-state index in [0.29, 0.717) is 44.2 Å². The van der Waals surface area contributed by atoms with Crippen molar-refractivity contribution in [2.45, 2.75) is 32.0 Å². The summed E-state index contributed by atoms with van der Waals surface area (Å²) in [6.45, 7) is 4.05. The van der Waals surface area contributed by atoms with Crippen LogP contribution in [0.1, 0.15) is 42.6 Å². The van der Waals surface area contributed by atoms with Crippen LogP contribution in [0.5, 0.6) is 23.0 Å². The molecule has 0 saturated carbocycles. The van der Waals surface area contributed by atoms with Crippen LogP contribution >= 0.6 is 0 Å². The third-order valence-corrected chi connectivity index (χ3v) is 7.18. The van der Waals surface area contributed by atoms with E-state index >= 15 is 0 Å². The highest BCUT2D eigenvalue weighted by Crippen LogP contribution is 2.47. The topological polar surface area (TPSA) is 62.2 Å². The summed E-state index contributed by atoms with van der Waals surface area (Å²) in [4.78, 5) is 2.02. The second kappa shape index (κ2) is 10.6. The van der Waals surface area contributed by atoms with Crippen LogP contribution < -0.4 is 9.47 Å². The number of nitrogens with zero attached hydrogens (tertiary/aromatic N) is 1. The molecule has 1 saturated heterocycles. The lowest BCUT2D eigenvalue weighted by atomic mass is 9.86. The van der Waals surface area contributed by atoms with Gasteiger partial charge in [-0.25, -0.2) is 0 Å². The highest BCUT2D eigenvalue weighted by atomic mass is 19.4. The van der Waals surface area contributed by atoms with Crippen LogP contribution in [0.2, 0.25) is 0 Å². The average molecular weight is 526 g/mol. The number of likely N-dealkylation sites (tertiary alicyclic amines) is 1. The Morgan fingerprint density at radius 3 is 2.50 bits per heavy atom. The van der Waals surface area contributed by atoms with E-state index in [2.05, 4.69) is 0 Å². The molecule has 8 heteroatoms. The Hall–Kier alpha value is -3.65. The number of ether oxygens (including phenoxy) is 2. The molecule has 2 heterocycles. The van der Waals surface area contributed by atoms with E-state index in [0.717, 1.165) is 27.8 Å². The van der Waals surface area contributed by atoms with Gasteiger partial charge in [0.05, 0.1) is 0 Å². The van der Waals surface area contributed by atoms with Crippen LogP contribution in [0.25, 0.3) is 11.1 Å². The van der Waals surface area contributed by atoms with Crippen molar-refractivity contribution in [3.63, 3.8) is 0 Å². The van der Waals surface area contributed by atoms with Gasteiger partial charge in [0.1, 0.15) is 35.7 Å². The first-order chi connectivity index (χ1) is 18.2. The van der Waals surface area contributed by atoms with Crippen molar-refractivity contribution in [3.8, 4) is 23.0 Å². The summed E-state index contributed by atoms with van der Waals surface area (Å²) in [6, 6.07) is 19.6. The molecule has 0 aliphatic carbocycles. The highest BCUT2D eigenvalue weighted by molar-refractivity contribution is 5.95. The number of hydrogen-bond donors (Lipinski definition) is 2. The molecule has 2 aliphatic rings. The maximum atomic E-state index is 12.6. The Kier molecular flexibility index (Phi) is 7.25. The number of alkyl halides is 3. The molecule has 0 spiro atoms. The Balaban J connectivity index is 1.29. The van der Waals surface area contributed by atoms with E-state index in [9.17, 15) is 23.4 Å². The van der Waals surface area contributed by atoms with E-state index in [-0.39, 0.29) is 17.4 Å². The lowest BCUT2D eigenvalue weighted by Crippen LogP contribution is -2.27. The van der Waals surface area contributed by atoms with Crippen LogP contribution in [0, 0.1) is 5.92 Å². The van der Waals surface area contributed by atoms with Crippen molar-refractivity contribution in [1.82, 2.24) is 4.90 Å². The van der Waals surface area contributed by atoms with Crippen LogP contribution in [0.3, 0.4) is 0 Å². The molecule has 5 nitrogen and oxygen atoms in total. The van der Waals surface area contributed by atoms with Gasteiger partial charge in [0.25, 0.3) is 0 Å². The van der Waals surface area contributed by atoms with Crippen molar-refractivity contribution in [2.75, 3.05) is 26.2 Å². The summed E-state index contributed by atoms with van der Waals surface area (Å²) >= 11 is 0. The molecule has 0 radical (unpaired) electrons. The van der Waals surface area contributed by atoms with Gasteiger partial charge >= 0.3 is 6.18 Å². The van der Waals surface area contributed by atoms with Crippen molar-refractivity contribution in [1.29, 1.82) is 0 Å². The highest BCUT2D eigenvalue weighted by Gasteiger charge is 2.35. The largest absolute Gasteiger partial charge is 0.508 e. The SMILES string of the molecule is CC1=C(c2cccc(O)c2)C(c2ccc(OCCN3CCC(CC(F)(F)F)C3)cc2)Oc2ccc(O)cc21. The molecule has 38 heavy (non-hydrogen) atoms. The second-order valence-electron chi connectivity index (χ2n) is 9.96. The number of fused-ring (bicyclic) bond motifs is 1. The molecule has 0 bridgehead atoms. The van der Waals surface area contributed by atoms with Gasteiger partial charge in [-0.1, -0.05) is 24.3 Å². The van der Waals surface area contributed by atoms with E-state index in [1.54, 1.807) is 36.4 Å². The molecule has 0 aromatic heterocycles. The van der Waals surface area contributed by atoms with Gasteiger partial charge in [0.2, 0.25) is 0 Å². The van der Waals surface area contributed by atoms with E-state index in [4.69, 9.17) is 9.47 Å². The number of allylic oxidation sites excluding steroid dienone is 1. The van der Waals surface area contributed by atoms with Gasteiger partial charge < -0.3 is 19.7 Å². The number of aromatic hydroxyl groups is 2. The fourth-order valence-corrected chi connectivity index (χ4v) is 5.36. The number of rotatable bonds is 7. The van der Waals surface area contributed by atoms with Gasteiger partial charge in [-0.15, -0.1) is 0 Å². The fourth-order valence-electron chi connectivity index (χ4n) is 5.36. The van der Waals surface area contributed by atoms with Gasteiger partial charge in [0.15, 0.2) is 0 Å². The normalized spacial score (nSPS) is 19.8. The zero-order valence-electron chi connectivity index (χ0n) is 21.0. The minimum atomic E-state index is -4.11. The first kappa shape index (κ1) is 26.0. The van der Waals surface area contributed by atoms with Crippen LogP contribution in [-0.2, 0) is 0 Å². The van der Waals surface area contributed by atoms with Crippen LogP contribution in [0.4, 0.5) is 13.2 Å². The third-order valence-electron chi connectivity index (χ3n) is 7.18. The molecule has 2 unspecified atom stereocenters. The summed E-state index contributed by atoms with van der Waals surface area (Å²) in [6.07, 6.45) is -4.72. The predicted octanol–water partition coefficient (Wildman–Crippen LogP) is 6.82. The number of hydrogen-bond acceptors (Lipinski definition) is 5. The standard InChI is InChI=1S/C30H30F3NO4/c1-19-26-16-24(36)7-10-27(26)38-29(28(19)22-3-2-4-23(35)15-22)21-5-8-25(9-6-21)37-14-13-34-12-11-20(18-34)17-30(31,32)33/h2-10,15-16,20,29,35-36H,11-14,17-18H2,1H3. The van der Waals surface area contributed by atoms with Crippen molar-refractivity contribution >= 4 is 11.1 Å². The lowest BCUT2D eigenvalue weighted by molar-refractivity contribution is -0.143. The van der Waals surface area contributed by atoms with Crippen molar-refractivity contribution in [2.24, 2.45) is 5.92 Å². The quantitative estimate of drug-likeness (QED) is 0.355. The minimum Gasteiger partial charge on any atom is -0.508 e. The predicted molar refractivity (Wildman–Crippen MR) is 139 cm³/mol.